The van der Waals surface area contributed by atoms with E-state index in [4.69, 9.17) is 20.9 Å². The summed E-state index contributed by atoms with van der Waals surface area (Å²) in [4.78, 5) is 7.87. The van der Waals surface area contributed by atoms with Crippen molar-refractivity contribution in [1.82, 2.24) is 25.7 Å². The van der Waals surface area contributed by atoms with Gasteiger partial charge in [0, 0.05) is 10.7 Å². The Labute approximate surface area is 146 Å². The van der Waals surface area contributed by atoms with Crippen LogP contribution < -0.4 is 10.1 Å². The van der Waals surface area contributed by atoms with E-state index in [-0.39, 0.29) is 10.7 Å². The summed E-state index contributed by atoms with van der Waals surface area (Å²) in [6, 6.07) is 0. The summed E-state index contributed by atoms with van der Waals surface area (Å²) in [6.07, 6.45) is 6.69. The summed E-state index contributed by atoms with van der Waals surface area (Å²) >= 11 is 5.70. The van der Waals surface area contributed by atoms with Gasteiger partial charge in [-0.3, -0.25) is 0 Å². The number of nitrogens with one attached hydrogen (secondary N) is 1. The molecule has 1 aliphatic heterocycles. The van der Waals surface area contributed by atoms with Crippen LogP contribution in [0.15, 0.2) is 23.1 Å². The van der Waals surface area contributed by atoms with Crippen LogP contribution in [0.1, 0.15) is 32.4 Å². The third-order valence-electron chi connectivity index (χ3n) is 4.89. The fourth-order valence-electron chi connectivity index (χ4n) is 3.68. The number of hydrogen-bond acceptors (Lipinski definition) is 7. The highest BCUT2D eigenvalue weighted by atomic mass is 35.5. The van der Waals surface area contributed by atoms with Gasteiger partial charge in [-0.2, -0.15) is 0 Å². The van der Waals surface area contributed by atoms with Gasteiger partial charge in [-0.15, -0.1) is 5.10 Å². The molecule has 1 N–H and O–H groups in total. The molecule has 0 spiro atoms. The molecule has 1 unspecified atom stereocenters. The zero-order chi connectivity index (χ0) is 17.0. The van der Waals surface area contributed by atoms with Crippen LogP contribution in [0.5, 0.6) is 5.75 Å². The van der Waals surface area contributed by atoms with Crippen molar-refractivity contribution in [2.24, 2.45) is 11.8 Å². The maximum Gasteiger partial charge on any atom is 0.222 e. The molecule has 8 heteroatoms. The van der Waals surface area contributed by atoms with E-state index in [2.05, 4.69) is 39.5 Å². The second kappa shape index (κ2) is 7.44. The van der Waals surface area contributed by atoms with Gasteiger partial charge < -0.3 is 14.6 Å². The molecule has 0 amide bonds. The minimum atomic E-state index is -0.129. The normalized spacial score (nSPS) is 24.2. The number of halogens is 1. The first kappa shape index (κ1) is 17.1. The number of rotatable bonds is 6. The van der Waals surface area contributed by atoms with Gasteiger partial charge in [0.2, 0.25) is 5.28 Å². The average Bonchev–Trinajstić information content (AvgIpc) is 3.12. The number of ether oxygens (including phenoxy) is 1. The molecule has 1 fully saturated rings. The summed E-state index contributed by atoms with van der Waals surface area (Å²) in [7, 11) is 0. The predicted molar refractivity (Wildman–Crippen MR) is 88.9 cm³/mol. The van der Waals surface area contributed by atoms with Crippen LogP contribution in [-0.2, 0) is 5.41 Å². The van der Waals surface area contributed by atoms with Gasteiger partial charge in [0.25, 0.3) is 0 Å². The average molecular weight is 352 g/mol. The van der Waals surface area contributed by atoms with E-state index in [0.717, 1.165) is 31.7 Å². The molecule has 24 heavy (non-hydrogen) atoms. The lowest BCUT2D eigenvalue weighted by Gasteiger charge is -2.44. The second-order valence-electron chi connectivity index (χ2n) is 6.53. The molecule has 0 aliphatic carbocycles. The number of nitrogens with zero attached hydrogens (tertiary/aromatic N) is 4. The van der Waals surface area contributed by atoms with Crippen LogP contribution in [0, 0.1) is 11.8 Å². The predicted octanol–water partition coefficient (Wildman–Crippen LogP) is 2.49. The lowest BCUT2D eigenvalue weighted by molar-refractivity contribution is 0.0901. The second-order valence-corrected chi connectivity index (χ2v) is 6.87. The van der Waals surface area contributed by atoms with Crippen molar-refractivity contribution < 1.29 is 9.26 Å². The Kier molecular flexibility index (Phi) is 5.30. The lowest BCUT2D eigenvalue weighted by atomic mass is 9.63. The van der Waals surface area contributed by atoms with E-state index >= 15 is 0 Å². The molecular weight excluding hydrogens is 330 g/mol. The minimum Gasteiger partial charge on any atom is -0.490 e. The van der Waals surface area contributed by atoms with E-state index in [1.807, 2.05) is 0 Å². The molecular formula is C16H22ClN5O2. The van der Waals surface area contributed by atoms with Crippen LogP contribution in [0.2, 0.25) is 5.28 Å². The number of piperidine rings is 1. The van der Waals surface area contributed by atoms with Gasteiger partial charge in [0.1, 0.15) is 0 Å². The summed E-state index contributed by atoms with van der Waals surface area (Å²) in [6.45, 7) is 6.90. The standard InChI is InChI=1S/C16H22ClN5O2/c1-11(2)13-9-18-5-3-16(13,14-10-21-22-24-14)4-6-23-12-7-19-15(17)20-8-12/h7-8,10-11,13,18H,3-6,9H2,1-2H3/t13?,16-/m0/s1. The van der Waals surface area contributed by atoms with E-state index < -0.39 is 0 Å². The van der Waals surface area contributed by atoms with Crippen molar-refractivity contribution in [3.05, 3.63) is 29.6 Å². The molecule has 7 nitrogen and oxygen atoms in total. The molecule has 1 aliphatic rings. The first-order valence-electron chi connectivity index (χ1n) is 8.21. The minimum absolute atomic E-state index is 0.129. The number of hydrogen-bond donors (Lipinski definition) is 1. The monoisotopic (exact) mass is 351 g/mol. The quantitative estimate of drug-likeness (QED) is 0.800. The smallest absolute Gasteiger partial charge is 0.222 e. The molecule has 2 aromatic rings. The van der Waals surface area contributed by atoms with Crippen LogP contribution in [0.25, 0.3) is 0 Å². The van der Waals surface area contributed by atoms with Crippen molar-refractivity contribution in [2.45, 2.75) is 32.1 Å². The fourth-order valence-corrected chi connectivity index (χ4v) is 3.77. The Morgan fingerprint density at radius 2 is 2.17 bits per heavy atom. The van der Waals surface area contributed by atoms with Crippen molar-refractivity contribution in [1.29, 1.82) is 0 Å². The zero-order valence-electron chi connectivity index (χ0n) is 13.9. The van der Waals surface area contributed by atoms with Gasteiger partial charge in [-0.05, 0) is 49.4 Å². The Balaban J connectivity index is 1.76. The molecule has 0 aromatic carbocycles. The molecule has 2 aromatic heterocycles. The van der Waals surface area contributed by atoms with Gasteiger partial charge in [0.15, 0.2) is 11.5 Å². The molecule has 1 saturated heterocycles. The maximum atomic E-state index is 5.83. The summed E-state index contributed by atoms with van der Waals surface area (Å²) in [5.74, 6) is 2.38. The van der Waals surface area contributed by atoms with E-state index in [0.29, 0.717) is 24.2 Å². The Morgan fingerprint density at radius 3 is 2.83 bits per heavy atom. The first-order valence-corrected chi connectivity index (χ1v) is 8.58. The zero-order valence-corrected chi connectivity index (χ0v) is 14.7. The lowest BCUT2D eigenvalue weighted by Crippen LogP contribution is -2.50. The molecule has 3 rings (SSSR count). The van der Waals surface area contributed by atoms with Crippen molar-refractivity contribution >= 4 is 11.6 Å². The van der Waals surface area contributed by atoms with Crippen LogP contribution in [-0.4, -0.2) is 40.0 Å². The molecule has 130 valence electrons. The van der Waals surface area contributed by atoms with E-state index in [1.54, 1.807) is 18.6 Å². The van der Waals surface area contributed by atoms with Gasteiger partial charge >= 0.3 is 0 Å². The van der Waals surface area contributed by atoms with Crippen molar-refractivity contribution in [3.8, 4) is 5.75 Å². The Bertz CT molecular complexity index is 634. The van der Waals surface area contributed by atoms with Crippen LogP contribution in [0.3, 0.4) is 0 Å². The summed E-state index contributed by atoms with van der Waals surface area (Å²) in [5, 5.41) is 11.3. The summed E-state index contributed by atoms with van der Waals surface area (Å²) < 4.78 is 11.3. The maximum absolute atomic E-state index is 5.83. The van der Waals surface area contributed by atoms with E-state index in [1.165, 1.54) is 0 Å². The van der Waals surface area contributed by atoms with Crippen LogP contribution in [0.4, 0.5) is 0 Å². The highest BCUT2D eigenvalue weighted by Crippen LogP contribution is 2.43. The third-order valence-corrected chi connectivity index (χ3v) is 5.09. The highest BCUT2D eigenvalue weighted by molar-refractivity contribution is 6.28. The fraction of sp³-hybridized carbons (Fsp3) is 0.625. The first-order chi connectivity index (χ1) is 11.6. The largest absolute Gasteiger partial charge is 0.490 e. The molecule has 0 bridgehead atoms. The third kappa shape index (κ3) is 3.52. The highest BCUT2D eigenvalue weighted by Gasteiger charge is 2.46. The van der Waals surface area contributed by atoms with Crippen molar-refractivity contribution in [3.63, 3.8) is 0 Å². The van der Waals surface area contributed by atoms with Crippen molar-refractivity contribution in [2.75, 3.05) is 19.7 Å². The molecule has 0 saturated carbocycles. The topological polar surface area (TPSA) is 86.0 Å². The van der Waals surface area contributed by atoms with E-state index in [9.17, 15) is 0 Å². The Morgan fingerprint density at radius 1 is 1.38 bits per heavy atom. The molecule has 0 radical (unpaired) electrons. The summed E-state index contributed by atoms with van der Waals surface area (Å²) in [5.41, 5.74) is -0.129. The number of aromatic nitrogens is 4. The van der Waals surface area contributed by atoms with Gasteiger partial charge in [-0.25, -0.2) is 9.97 Å². The van der Waals surface area contributed by atoms with Crippen LogP contribution >= 0.6 is 11.6 Å². The molecule has 3 heterocycles. The van der Waals surface area contributed by atoms with Gasteiger partial charge in [0.05, 0.1) is 25.2 Å². The SMILES string of the molecule is CC(C)C1CNCC[C@@]1(CCOc1cnc(Cl)nc1)c1cnno1. The van der Waals surface area contributed by atoms with Gasteiger partial charge in [-0.1, -0.05) is 13.8 Å². The molecule has 2 atom stereocenters. The Hall–Kier alpha value is -1.73.